The summed E-state index contributed by atoms with van der Waals surface area (Å²) in [6.07, 6.45) is 1.65. The monoisotopic (exact) mass is 267 g/mol. The molecule has 0 fully saturated rings. The lowest BCUT2D eigenvalue weighted by molar-refractivity contribution is 0.00756. The lowest BCUT2D eigenvalue weighted by Crippen LogP contribution is -2.46. The van der Waals surface area contributed by atoms with Gasteiger partial charge in [-0.2, -0.15) is 0 Å². The summed E-state index contributed by atoms with van der Waals surface area (Å²) in [5.74, 6) is 0. The smallest absolute Gasteiger partial charge is 0.110 e. The van der Waals surface area contributed by atoms with Crippen LogP contribution in [0.3, 0.4) is 0 Å². The first-order chi connectivity index (χ1) is 9.63. The summed E-state index contributed by atoms with van der Waals surface area (Å²) < 4.78 is 0. The van der Waals surface area contributed by atoms with E-state index in [1.807, 2.05) is 30.3 Å². The lowest BCUT2D eigenvalue weighted by Gasteiger charge is -2.39. The topological polar surface area (TPSA) is 23.5 Å². The maximum absolute atomic E-state index is 11.3. The van der Waals surface area contributed by atoms with E-state index < -0.39 is 5.60 Å². The maximum Gasteiger partial charge on any atom is 0.110 e. The number of nitrogens with zero attached hydrogens (tertiary/aromatic N) is 1. The Hall–Kier alpha value is -1.80. The summed E-state index contributed by atoms with van der Waals surface area (Å²) in [5.41, 5.74) is 2.74. The number of likely N-dealkylation sites (N-methyl/N-ethyl adjacent to an activating group) is 1. The predicted octanol–water partition coefficient (Wildman–Crippen LogP) is 3.35. The van der Waals surface area contributed by atoms with Crippen LogP contribution in [0.25, 0.3) is 0 Å². The summed E-state index contributed by atoms with van der Waals surface area (Å²) in [5, 5.41) is 11.3. The number of anilines is 1. The number of hydrogen-bond donors (Lipinski definition) is 1. The van der Waals surface area contributed by atoms with Gasteiger partial charge in [-0.05, 0) is 37.0 Å². The zero-order chi connectivity index (χ0) is 14.2. The number of rotatable bonds is 1. The van der Waals surface area contributed by atoms with Crippen LogP contribution in [0.2, 0.25) is 0 Å². The first kappa shape index (κ1) is 13.2. The third-order valence-electron chi connectivity index (χ3n) is 4.69. The van der Waals surface area contributed by atoms with Gasteiger partial charge in [0.1, 0.15) is 5.60 Å². The zero-order valence-corrected chi connectivity index (χ0v) is 12.1. The Morgan fingerprint density at radius 3 is 2.45 bits per heavy atom. The van der Waals surface area contributed by atoms with E-state index in [0.29, 0.717) is 0 Å². The van der Waals surface area contributed by atoms with E-state index in [-0.39, 0.29) is 6.04 Å². The van der Waals surface area contributed by atoms with Gasteiger partial charge in [0, 0.05) is 12.7 Å². The highest BCUT2D eigenvalue weighted by Gasteiger charge is 2.40. The van der Waals surface area contributed by atoms with E-state index in [0.717, 1.165) is 18.4 Å². The molecule has 0 amide bonds. The normalized spacial score (nSPS) is 25.9. The summed E-state index contributed by atoms with van der Waals surface area (Å²) in [7, 11) is 2.07. The van der Waals surface area contributed by atoms with E-state index >= 15 is 0 Å². The molecule has 0 aromatic heterocycles. The van der Waals surface area contributed by atoms with Crippen LogP contribution in [0.15, 0.2) is 54.6 Å². The Bertz CT molecular complexity index is 595. The van der Waals surface area contributed by atoms with Crippen molar-refractivity contribution in [1.29, 1.82) is 0 Å². The highest BCUT2D eigenvalue weighted by atomic mass is 16.3. The molecule has 0 saturated carbocycles. The van der Waals surface area contributed by atoms with E-state index in [1.165, 1.54) is 11.3 Å². The molecule has 20 heavy (non-hydrogen) atoms. The second-order valence-electron chi connectivity index (χ2n) is 5.71. The Balaban J connectivity index is 2.05. The van der Waals surface area contributed by atoms with E-state index in [1.54, 1.807) is 0 Å². The van der Waals surface area contributed by atoms with Crippen LogP contribution < -0.4 is 4.90 Å². The molecule has 0 spiro atoms. The minimum Gasteiger partial charge on any atom is -0.383 e. The van der Waals surface area contributed by atoms with Gasteiger partial charge in [0.25, 0.3) is 0 Å². The van der Waals surface area contributed by atoms with E-state index in [4.69, 9.17) is 0 Å². The highest BCUT2D eigenvalue weighted by Crippen LogP contribution is 2.39. The predicted molar refractivity (Wildman–Crippen MR) is 83.0 cm³/mol. The SMILES string of the molecule is CC1N(C)c2ccccc2CCC1(O)c1ccccc1. The van der Waals surface area contributed by atoms with Gasteiger partial charge >= 0.3 is 0 Å². The second-order valence-corrected chi connectivity index (χ2v) is 5.71. The van der Waals surface area contributed by atoms with Gasteiger partial charge in [0.2, 0.25) is 0 Å². The van der Waals surface area contributed by atoms with Crippen molar-refractivity contribution in [3.8, 4) is 0 Å². The van der Waals surface area contributed by atoms with Crippen LogP contribution in [0.5, 0.6) is 0 Å². The Labute approximate surface area is 120 Å². The Morgan fingerprint density at radius 1 is 1.05 bits per heavy atom. The molecule has 2 aromatic rings. The fourth-order valence-corrected chi connectivity index (χ4v) is 3.24. The molecule has 1 aliphatic heterocycles. The highest BCUT2D eigenvalue weighted by molar-refractivity contribution is 5.56. The maximum atomic E-state index is 11.3. The molecule has 2 heteroatoms. The van der Waals surface area contributed by atoms with Crippen molar-refractivity contribution in [1.82, 2.24) is 0 Å². The third-order valence-corrected chi connectivity index (χ3v) is 4.69. The van der Waals surface area contributed by atoms with Crippen LogP contribution >= 0.6 is 0 Å². The molecule has 0 saturated heterocycles. The van der Waals surface area contributed by atoms with Gasteiger partial charge < -0.3 is 10.0 Å². The van der Waals surface area contributed by atoms with Crippen molar-refractivity contribution in [3.63, 3.8) is 0 Å². The molecule has 2 unspecified atom stereocenters. The fraction of sp³-hybridized carbons (Fsp3) is 0.333. The minimum absolute atomic E-state index is 0.0357. The van der Waals surface area contributed by atoms with Gasteiger partial charge in [0.15, 0.2) is 0 Å². The number of para-hydroxylation sites is 1. The quantitative estimate of drug-likeness (QED) is 0.856. The van der Waals surface area contributed by atoms with Gasteiger partial charge in [0.05, 0.1) is 6.04 Å². The van der Waals surface area contributed by atoms with Crippen LogP contribution in [0.4, 0.5) is 5.69 Å². The number of aryl methyl sites for hydroxylation is 1. The molecule has 0 radical (unpaired) electrons. The second kappa shape index (κ2) is 4.95. The molecule has 2 nitrogen and oxygen atoms in total. The Kier molecular flexibility index (Phi) is 3.27. The molecule has 1 aliphatic rings. The first-order valence-electron chi connectivity index (χ1n) is 7.21. The average Bonchev–Trinajstić information content (AvgIpc) is 2.60. The van der Waals surface area contributed by atoms with Crippen molar-refractivity contribution in [2.24, 2.45) is 0 Å². The van der Waals surface area contributed by atoms with Crippen LogP contribution in [0, 0.1) is 0 Å². The molecule has 2 atom stereocenters. The molecular weight excluding hydrogens is 246 g/mol. The van der Waals surface area contributed by atoms with Crippen molar-refractivity contribution in [2.75, 3.05) is 11.9 Å². The lowest BCUT2D eigenvalue weighted by atomic mass is 9.83. The van der Waals surface area contributed by atoms with Crippen molar-refractivity contribution >= 4 is 5.69 Å². The molecule has 1 N–H and O–H groups in total. The van der Waals surface area contributed by atoms with Gasteiger partial charge in [-0.15, -0.1) is 0 Å². The molecule has 0 aliphatic carbocycles. The van der Waals surface area contributed by atoms with Gasteiger partial charge in [-0.3, -0.25) is 0 Å². The van der Waals surface area contributed by atoms with E-state index in [9.17, 15) is 5.11 Å². The van der Waals surface area contributed by atoms with Crippen molar-refractivity contribution < 1.29 is 5.11 Å². The standard InChI is InChI=1S/C18H21NO/c1-14-18(20,16-9-4-3-5-10-16)13-12-15-8-6-7-11-17(15)19(14)2/h3-11,14,20H,12-13H2,1-2H3. The largest absolute Gasteiger partial charge is 0.383 e. The van der Waals surface area contributed by atoms with Crippen LogP contribution in [0.1, 0.15) is 24.5 Å². The third kappa shape index (κ3) is 2.01. The Morgan fingerprint density at radius 2 is 1.70 bits per heavy atom. The molecule has 104 valence electrons. The molecule has 0 bridgehead atoms. The van der Waals surface area contributed by atoms with E-state index in [2.05, 4.69) is 43.1 Å². The molecule has 3 rings (SSSR count). The van der Waals surface area contributed by atoms with Crippen molar-refractivity contribution in [2.45, 2.75) is 31.4 Å². The summed E-state index contributed by atoms with van der Waals surface area (Å²) in [4.78, 5) is 2.20. The van der Waals surface area contributed by atoms with Gasteiger partial charge in [-0.1, -0.05) is 48.5 Å². The number of fused-ring (bicyclic) bond motifs is 1. The van der Waals surface area contributed by atoms with Crippen LogP contribution in [-0.2, 0) is 12.0 Å². The molecular formula is C18H21NO. The van der Waals surface area contributed by atoms with Crippen LogP contribution in [-0.4, -0.2) is 18.2 Å². The molecule has 1 heterocycles. The number of aliphatic hydroxyl groups is 1. The average molecular weight is 267 g/mol. The number of hydrogen-bond acceptors (Lipinski definition) is 2. The molecule has 2 aromatic carbocycles. The van der Waals surface area contributed by atoms with Gasteiger partial charge in [-0.25, -0.2) is 0 Å². The zero-order valence-electron chi connectivity index (χ0n) is 12.1. The summed E-state index contributed by atoms with van der Waals surface area (Å²) in [6.45, 7) is 2.11. The van der Waals surface area contributed by atoms with Crippen molar-refractivity contribution in [3.05, 3.63) is 65.7 Å². The fourth-order valence-electron chi connectivity index (χ4n) is 3.24. The first-order valence-corrected chi connectivity index (χ1v) is 7.21. The summed E-state index contributed by atoms with van der Waals surface area (Å²) >= 11 is 0. The number of benzene rings is 2. The summed E-state index contributed by atoms with van der Waals surface area (Å²) in [6, 6.07) is 18.5. The minimum atomic E-state index is -0.810.